The van der Waals surface area contributed by atoms with Gasteiger partial charge in [-0.2, -0.15) is 0 Å². The van der Waals surface area contributed by atoms with Crippen LogP contribution in [0.15, 0.2) is 10.5 Å². The Bertz CT molecular complexity index is 482. The quantitative estimate of drug-likeness (QED) is 0.646. The van der Waals surface area contributed by atoms with Crippen molar-refractivity contribution in [3.8, 4) is 17.2 Å². The maximum absolute atomic E-state index is 11.4. The van der Waals surface area contributed by atoms with Crippen LogP contribution in [0, 0.1) is 0 Å². The largest absolute Gasteiger partial charge is 0.504 e. The molecule has 0 bridgehead atoms. The molecule has 0 saturated carbocycles. The van der Waals surface area contributed by atoms with Crippen LogP contribution in [0.5, 0.6) is 17.2 Å². The van der Waals surface area contributed by atoms with Crippen molar-refractivity contribution in [1.29, 1.82) is 0 Å². The number of ketones is 1. The number of benzene rings is 1. The van der Waals surface area contributed by atoms with Crippen molar-refractivity contribution in [2.75, 3.05) is 14.2 Å². The first-order chi connectivity index (χ1) is 7.93. The number of ether oxygens (including phenoxy) is 2. The van der Waals surface area contributed by atoms with Gasteiger partial charge >= 0.3 is 5.97 Å². The number of phenolic OH excluding ortho intramolecular Hbond substituents is 1. The van der Waals surface area contributed by atoms with Crippen molar-refractivity contribution in [2.45, 2.75) is 0 Å². The lowest BCUT2D eigenvalue weighted by Crippen LogP contribution is -2.14. The van der Waals surface area contributed by atoms with Crippen LogP contribution in [-0.4, -0.2) is 36.2 Å². The van der Waals surface area contributed by atoms with Gasteiger partial charge in [-0.25, -0.2) is 4.79 Å². The summed E-state index contributed by atoms with van der Waals surface area (Å²) in [6, 6.07) is 1.34. The standard InChI is InChI=1S/C10H9BrO6/c1-16-5-3-4(11)6(8(13)10(14)15)7(12)9(5)17-2/h3,12H,1-2H3,(H,14,15). The van der Waals surface area contributed by atoms with Gasteiger partial charge < -0.3 is 19.7 Å². The zero-order valence-electron chi connectivity index (χ0n) is 8.98. The monoisotopic (exact) mass is 304 g/mol. The van der Waals surface area contributed by atoms with Gasteiger partial charge in [0.15, 0.2) is 11.5 Å². The summed E-state index contributed by atoms with van der Waals surface area (Å²) in [5, 5.41) is 18.4. The minimum Gasteiger partial charge on any atom is -0.504 e. The third kappa shape index (κ3) is 2.33. The van der Waals surface area contributed by atoms with Crippen LogP contribution in [0.4, 0.5) is 0 Å². The lowest BCUT2D eigenvalue weighted by atomic mass is 10.1. The van der Waals surface area contributed by atoms with E-state index in [2.05, 4.69) is 15.9 Å². The SMILES string of the molecule is COc1cc(Br)c(C(=O)C(=O)O)c(O)c1OC. The van der Waals surface area contributed by atoms with Gasteiger partial charge in [0, 0.05) is 4.47 Å². The van der Waals surface area contributed by atoms with Crippen molar-refractivity contribution in [3.63, 3.8) is 0 Å². The van der Waals surface area contributed by atoms with Gasteiger partial charge in [0.05, 0.1) is 19.8 Å². The van der Waals surface area contributed by atoms with E-state index in [1.807, 2.05) is 0 Å². The Kier molecular flexibility index (Phi) is 3.95. The van der Waals surface area contributed by atoms with E-state index in [0.717, 1.165) is 0 Å². The molecule has 0 amide bonds. The summed E-state index contributed by atoms with van der Waals surface area (Å²) in [6.45, 7) is 0. The summed E-state index contributed by atoms with van der Waals surface area (Å²) < 4.78 is 9.88. The molecule has 17 heavy (non-hydrogen) atoms. The number of carboxylic acid groups (broad SMARTS) is 1. The molecule has 0 radical (unpaired) electrons. The van der Waals surface area contributed by atoms with E-state index in [9.17, 15) is 14.7 Å². The Morgan fingerprint density at radius 3 is 2.29 bits per heavy atom. The number of aromatic hydroxyl groups is 1. The number of hydrogen-bond donors (Lipinski definition) is 2. The summed E-state index contributed by atoms with van der Waals surface area (Å²) in [6.07, 6.45) is 0. The summed E-state index contributed by atoms with van der Waals surface area (Å²) in [5.41, 5.74) is -0.379. The number of hydrogen-bond acceptors (Lipinski definition) is 5. The number of carbonyl (C=O) groups is 2. The average Bonchev–Trinajstić information content (AvgIpc) is 2.27. The molecule has 0 unspecified atom stereocenters. The summed E-state index contributed by atoms with van der Waals surface area (Å²) in [4.78, 5) is 22.0. The molecule has 0 spiro atoms. The van der Waals surface area contributed by atoms with E-state index < -0.39 is 17.5 Å². The highest BCUT2D eigenvalue weighted by Gasteiger charge is 2.27. The zero-order valence-corrected chi connectivity index (χ0v) is 10.6. The van der Waals surface area contributed by atoms with Gasteiger partial charge in [-0.3, -0.25) is 4.79 Å². The number of methoxy groups -OCH3 is 2. The Hall–Kier alpha value is -1.76. The fourth-order valence-electron chi connectivity index (χ4n) is 1.27. The van der Waals surface area contributed by atoms with Crippen molar-refractivity contribution in [1.82, 2.24) is 0 Å². The van der Waals surface area contributed by atoms with E-state index >= 15 is 0 Å². The number of rotatable bonds is 4. The van der Waals surface area contributed by atoms with Crippen LogP contribution >= 0.6 is 15.9 Å². The van der Waals surface area contributed by atoms with Crippen LogP contribution in [0.2, 0.25) is 0 Å². The summed E-state index contributed by atoms with van der Waals surface area (Å²) >= 11 is 2.99. The molecular formula is C10H9BrO6. The molecular weight excluding hydrogens is 296 g/mol. The van der Waals surface area contributed by atoms with Gasteiger partial charge in [0.1, 0.15) is 0 Å². The van der Waals surface area contributed by atoms with Gasteiger partial charge in [-0.15, -0.1) is 0 Å². The van der Waals surface area contributed by atoms with E-state index in [1.165, 1.54) is 20.3 Å². The minimum absolute atomic E-state index is 0.0969. The minimum atomic E-state index is -1.67. The van der Waals surface area contributed by atoms with Gasteiger partial charge in [-0.1, -0.05) is 0 Å². The van der Waals surface area contributed by atoms with Crippen LogP contribution in [0.25, 0.3) is 0 Å². The number of phenols is 1. The highest BCUT2D eigenvalue weighted by molar-refractivity contribution is 9.10. The third-order valence-electron chi connectivity index (χ3n) is 2.02. The topological polar surface area (TPSA) is 93.1 Å². The van der Waals surface area contributed by atoms with E-state index in [-0.39, 0.29) is 21.5 Å². The molecule has 0 fully saturated rings. The first-order valence-electron chi connectivity index (χ1n) is 4.35. The first-order valence-corrected chi connectivity index (χ1v) is 5.14. The Balaban J connectivity index is 3.52. The lowest BCUT2D eigenvalue weighted by Gasteiger charge is -2.12. The second kappa shape index (κ2) is 5.05. The molecule has 1 rings (SSSR count). The van der Waals surface area contributed by atoms with Crippen LogP contribution < -0.4 is 9.47 Å². The van der Waals surface area contributed by atoms with Crippen molar-refractivity contribution >= 4 is 27.7 Å². The van der Waals surface area contributed by atoms with Crippen molar-refractivity contribution < 1.29 is 29.3 Å². The predicted octanol–water partition coefficient (Wildman–Crippen LogP) is 1.44. The second-order valence-corrected chi connectivity index (χ2v) is 3.81. The first kappa shape index (κ1) is 13.3. The second-order valence-electron chi connectivity index (χ2n) is 2.95. The molecule has 0 saturated heterocycles. The molecule has 0 aliphatic carbocycles. The Morgan fingerprint density at radius 1 is 1.29 bits per heavy atom. The molecule has 1 aromatic rings. The maximum Gasteiger partial charge on any atom is 0.377 e. The van der Waals surface area contributed by atoms with Gasteiger partial charge in [-0.05, 0) is 22.0 Å². The van der Waals surface area contributed by atoms with Crippen molar-refractivity contribution in [2.24, 2.45) is 0 Å². The van der Waals surface area contributed by atoms with Crippen LogP contribution in [0.3, 0.4) is 0 Å². The van der Waals surface area contributed by atoms with E-state index in [0.29, 0.717) is 0 Å². The van der Waals surface area contributed by atoms with Crippen LogP contribution in [0.1, 0.15) is 10.4 Å². The molecule has 6 nitrogen and oxygen atoms in total. The fourth-order valence-corrected chi connectivity index (χ4v) is 1.84. The number of carboxylic acids is 1. The van der Waals surface area contributed by atoms with Crippen molar-refractivity contribution in [3.05, 3.63) is 16.1 Å². The van der Waals surface area contributed by atoms with E-state index in [4.69, 9.17) is 14.6 Å². The van der Waals surface area contributed by atoms with E-state index in [1.54, 1.807) is 0 Å². The highest BCUT2D eigenvalue weighted by atomic mass is 79.9. The maximum atomic E-state index is 11.4. The predicted molar refractivity (Wildman–Crippen MR) is 60.9 cm³/mol. The summed E-state index contributed by atoms with van der Waals surface area (Å²) in [5.74, 6) is -3.41. The average molecular weight is 305 g/mol. The molecule has 0 atom stereocenters. The molecule has 2 N–H and O–H groups in total. The molecule has 0 aromatic heterocycles. The fraction of sp³-hybridized carbons (Fsp3) is 0.200. The molecule has 0 aliphatic rings. The molecule has 0 aliphatic heterocycles. The Labute approximate surface area is 105 Å². The summed E-state index contributed by atoms with van der Waals surface area (Å²) in [7, 11) is 2.61. The number of carbonyl (C=O) groups excluding carboxylic acids is 1. The lowest BCUT2D eigenvalue weighted by molar-refractivity contribution is -0.131. The highest BCUT2D eigenvalue weighted by Crippen LogP contribution is 2.43. The number of aliphatic carboxylic acids is 1. The molecule has 1 aromatic carbocycles. The molecule has 0 heterocycles. The normalized spacial score (nSPS) is 9.82. The third-order valence-corrected chi connectivity index (χ3v) is 2.64. The zero-order chi connectivity index (χ0) is 13.2. The van der Waals surface area contributed by atoms with Gasteiger partial charge in [0.25, 0.3) is 5.78 Å². The molecule has 7 heteroatoms. The molecule has 92 valence electrons. The smallest absolute Gasteiger partial charge is 0.377 e. The Morgan fingerprint density at radius 2 is 1.88 bits per heavy atom. The van der Waals surface area contributed by atoms with Crippen LogP contribution in [-0.2, 0) is 4.79 Å². The number of Topliss-reactive ketones (excluding diaryl/α,β-unsaturated/α-hetero) is 1. The number of halogens is 1. The van der Waals surface area contributed by atoms with Gasteiger partial charge in [0.2, 0.25) is 5.75 Å².